The minimum atomic E-state index is -0.520. The third kappa shape index (κ3) is 4.37. The lowest BCUT2D eigenvalue weighted by atomic mass is 10.0. The number of hydrogen-bond donors (Lipinski definition) is 3. The van der Waals surface area contributed by atoms with Crippen molar-refractivity contribution in [2.45, 2.75) is 0 Å². The lowest BCUT2D eigenvalue weighted by Crippen LogP contribution is -2.23. The molecule has 0 saturated heterocycles. The van der Waals surface area contributed by atoms with E-state index in [9.17, 15) is 10.0 Å². The first kappa shape index (κ1) is 20.5. The number of amides is 1. The Labute approximate surface area is 179 Å². The van der Waals surface area contributed by atoms with Gasteiger partial charge in [0.2, 0.25) is 0 Å². The molecule has 156 valence electrons. The van der Waals surface area contributed by atoms with E-state index in [4.69, 9.17) is 5.11 Å². The van der Waals surface area contributed by atoms with Crippen LogP contribution in [0.5, 0.6) is 0 Å². The average molecular weight is 414 g/mol. The molecule has 0 fully saturated rings. The van der Waals surface area contributed by atoms with Crippen molar-refractivity contribution in [3.63, 3.8) is 0 Å². The molecule has 2 heterocycles. The van der Waals surface area contributed by atoms with Crippen molar-refractivity contribution < 1.29 is 15.1 Å². The molecular weight excluding hydrogens is 392 g/mol. The molecule has 31 heavy (non-hydrogen) atoms. The second-order valence-corrected chi connectivity index (χ2v) is 7.08. The summed E-state index contributed by atoms with van der Waals surface area (Å²) in [6, 6.07) is 19.3. The Balaban J connectivity index is 1.67. The van der Waals surface area contributed by atoms with Crippen LogP contribution in [0.1, 0.15) is 10.4 Å². The van der Waals surface area contributed by atoms with Gasteiger partial charge in [-0.1, -0.05) is 36.4 Å². The summed E-state index contributed by atoms with van der Waals surface area (Å²) >= 11 is 0. The van der Waals surface area contributed by atoms with E-state index in [1.54, 1.807) is 24.5 Å². The van der Waals surface area contributed by atoms with Gasteiger partial charge in [-0.05, 0) is 35.4 Å². The van der Waals surface area contributed by atoms with Gasteiger partial charge in [-0.15, -0.1) is 0 Å². The topological polar surface area (TPSA) is 98.6 Å². The zero-order chi connectivity index (χ0) is 21.8. The summed E-state index contributed by atoms with van der Waals surface area (Å²) in [4.78, 5) is 21.2. The Hall–Kier alpha value is -3.81. The van der Waals surface area contributed by atoms with Crippen LogP contribution in [-0.2, 0) is 0 Å². The molecule has 0 unspecified atom stereocenters. The zero-order valence-corrected chi connectivity index (χ0v) is 17.0. The quantitative estimate of drug-likeness (QED) is 0.328. The number of aromatic nitrogens is 2. The third-order valence-corrected chi connectivity index (χ3v) is 4.97. The molecule has 2 aromatic carbocycles. The van der Waals surface area contributed by atoms with Gasteiger partial charge in [0.1, 0.15) is 0 Å². The summed E-state index contributed by atoms with van der Waals surface area (Å²) in [5.41, 5.74) is 5.54. The van der Waals surface area contributed by atoms with Crippen LogP contribution in [0.3, 0.4) is 0 Å². The van der Waals surface area contributed by atoms with Crippen LogP contribution in [0.15, 0.2) is 73.1 Å². The largest absolute Gasteiger partial charge is 0.395 e. The number of aliphatic hydroxyl groups excluding tert-OH is 1. The first-order valence-electron chi connectivity index (χ1n) is 9.84. The second-order valence-electron chi connectivity index (χ2n) is 7.08. The van der Waals surface area contributed by atoms with Crippen LogP contribution >= 0.6 is 0 Å². The normalized spacial score (nSPS) is 10.8. The number of carbonyl (C=O) groups is 1. The van der Waals surface area contributed by atoms with Crippen molar-refractivity contribution in [1.82, 2.24) is 15.0 Å². The van der Waals surface area contributed by atoms with Gasteiger partial charge in [0.05, 0.1) is 23.4 Å². The lowest BCUT2D eigenvalue weighted by molar-refractivity contribution is -0.0373. The van der Waals surface area contributed by atoms with Gasteiger partial charge in [-0.3, -0.25) is 15.0 Å². The van der Waals surface area contributed by atoms with E-state index in [-0.39, 0.29) is 6.61 Å². The molecule has 0 spiro atoms. The van der Waals surface area contributed by atoms with E-state index in [1.165, 1.54) is 7.05 Å². The molecule has 0 aliphatic carbocycles. The van der Waals surface area contributed by atoms with Crippen LogP contribution < -0.4 is 5.32 Å². The molecule has 0 aliphatic rings. The number of nitrogens with zero attached hydrogens (tertiary/aromatic N) is 3. The van der Waals surface area contributed by atoms with Crippen molar-refractivity contribution in [2.75, 3.05) is 25.5 Å². The van der Waals surface area contributed by atoms with E-state index in [2.05, 4.69) is 15.3 Å². The van der Waals surface area contributed by atoms with Gasteiger partial charge in [-0.2, -0.15) is 0 Å². The van der Waals surface area contributed by atoms with E-state index in [1.807, 2.05) is 48.5 Å². The third-order valence-electron chi connectivity index (χ3n) is 4.97. The maximum atomic E-state index is 12.5. The Kier molecular flexibility index (Phi) is 5.88. The van der Waals surface area contributed by atoms with Crippen molar-refractivity contribution >= 4 is 22.5 Å². The molecule has 4 rings (SSSR count). The van der Waals surface area contributed by atoms with Crippen molar-refractivity contribution in [3.8, 4) is 22.4 Å². The molecule has 7 nitrogen and oxygen atoms in total. The summed E-state index contributed by atoms with van der Waals surface area (Å²) in [6.07, 6.45) is 3.20. The fourth-order valence-electron chi connectivity index (χ4n) is 3.38. The number of aliphatic hydroxyl groups is 1. The number of hydrogen-bond acceptors (Lipinski definition) is 6. The fraction of sp³-hybridized carbons (Fsp3) is 0.125. The average Bonchev–Trinajstić information content (AvgIpc) is 2.82. The Bertz CT molecular complexity index is 1210. The van der Waals surface area contributed by atoms with Gasteiger partial charge in [0.15, 0.2) is 0 Å². The predicted molar refractivity (Wildman–Crippen MR) is 120 cm³/mol. The van der Waals surface area contributed by atoms with Crippen LogP contribution in [0, 0.1) is 0 Å². The van der Waals surface area contributed by atoms with Crippen LogP contribution in [0.2, 0.25) is 0 Å². The van der Waals surface area contributed by atoms with Crippen LogP contribution in [0.25, 0.3) is 33.3 Å². The molecule has 4 aromatic rings. The van der Waals surface area contributed by atoms with Crippen molar-refractivity contribution in [1.29, 1.82) is 0 Å². The highest BCUT2D eigenvalue weighted by atomic mass is 16.5. The smallest absolute Gasteiger partial charge is 0.277 e. The summed E-state index contributed by atoms with van der Waals surface area (Å²) in [5.74, 6) is -0.520. The number of nitrogens with one attached hydrogen (secondary N) is 1. The maximum absolute atomic E-state index is 12.5. The predicted octanol–water partition coefficient (Wildman–Crippen LogP) is 3.83. The molecule has 0 bridgehead atoms. The number of hydroxylamine groups is 2. The Morgan fingerprint density at radius 1 is 1.00 bits per heavy atom. The highest BCUT2D eigenvalue weighted by molar-refractivity contribution is 6.06. The van der Waals surface area contributed by atoms with Crippen molar-refractivity contribution in [2.24, 2.45) is 0 Å². The molecule has 3 N–H and O–H groups in total. The fourth-order valence-corrected chi connectivity index (χ4v) is 3.38. The van der Waals surface area contributed by atoms with E-state index in [0.29, 0.717) is 33.8 Å². The standard InChI is InChI=1S/C24H22N4O3/c1-28(31)24(30)20-14-23(27-22-10-11-25-15-21(20)22)18-4-2-16(3-5-18)17-6-8-19(9-7-17)26-12-13-29/h2-11,14-15,26,29,31H,12-13H2,1H3. The number of pyridine rings is 2. The van der Waals surface area contributed by atoms with Crippen LogP contribution in [-0.4, -0.2) is 51.5 Å². The van der Waals surface area contributed by atoms with Gasteiger partial charge in [0, 0.05) is 42.6 Å². The monoisotopic (exact) mass is 414 g/mol. The summed E-state index contributed by atoms with van der Waals surface area (Å²) in [6.45, 7) is 0.601. The first-order valence-corrected chi connectivity index (χ1v) is 9.84. The summed E-state index contributed by atoms with van der Waals surface area (Å²) in [5, 5.41) is 22.8. The number of carbonyl (C=O) groups excluding carboxylic acids is 1. The highest BCUT2D eigenvalue weighted by Crippen LogP contribution is 2.28. The molecule has 0 atom stereocenters. The minimum Gasteiger partial charge on any atom is -0.395 e. The Morgan fingerprint density at radius 2 is 1.65 bits per heavy atom. The highest BCUT2D eigenvalue weighted by Gasteiger charge is 2.16. The van der Waals surface area contributed by atoms with Crippen molar-refractivity contribution in [3.05, 3.63) is 78.6 Å². The minimum absolute atomic E-state index is 0.0877. The van der Waals surface area contributed by atoms with Gasteiger partial charge >= 0.3 is 0 Å². The SMILES string of the molecule is CN(O)C(=O)c1cc(-c2ccc(-c3ccc(NCCO)cc3)cc2)nc2ccncc12. The van der Waals surface area contributed by atoms with Gasteiger partial charge in [0.25, 0.3) is 5.91 Å². The summed E-state index contributed by atoms with van der Waals surface area (Å²) < 4.78 is 0. The number of rotatable bonds is 6. The molecule has 2 aromatic heterocycles. The summed E-state index contributed by atoms with van der Waals surface area (Å²) in [7, 11) is 1.30. The lowest BCUT2D eigenvalue weighted by Gasteiger charge is -2.13. The van der Waals surface area contributed by atoms with E-state index < -0.39 is 5.91 Å². The number of anilines is 1. The first-order chi connectivity index (χ1) is 15.1. The molecule has 0 saturated carbocycles. The van der Waals surface area contributed by atoms with E-state index in [0.717, 1.165) is 22.4 Å². The Morgan fingerprint density at radius 3 is 2.29 bits per heavy atom. The molecular formula is C24H22N4O3. The van der Waals surface area contributed by atoms with E-state index >= 15 is 0 Å². The molecule has 7 heteroatoms. The number of benzene rings is 2. The van der Waals surface area contributed by atoms with Gasteiger partial charge in [-0.25, -0.2) is 10.0 Å². The molecule has 0 radical (unpaired) electrons. The number of fused-ring (bicyclic) bond motifs is 1. The maximum Gasteiger partial charge on any atom is 0.277 e. The second kappa shape index (κ2) is 8.91. The zero-order valence-electron chi connectivity index (χ0n) is 17.0. The van der Waals surface area contributed by atoms with Gasteiger partial charge < -0.3 is 10.4 Å². The molecule has 1 amide bonds. The molecule has 0 aliphatic heterocycles. The van der Waals surface area contributed by atoms with Crippen LogP contribution in [0.4, 0.5) is 5.69 Å².